The Bertz CT molecular complexity index is 598. The van der Waals surface area contributed by atoms with Crippen LogP contribution in [0.25, 0.3) is 0 Å². The number of rotatable bonds is 6. The molecule has 0 aliphatic carbocycles. The summed E-state index contributed by atoms with van der Waals surface area (Å²) in [4.78, 5) is 10.2. The van der Waals surface area contributed by atoms with Crippen LogP contribution < -0.4 is 4.72 Å². The van der Waals surface area contributed by atoms with Gasteiger partial charge in [-0.2, -0.15) is 0 Å². The van der Waals surface area contributed by atoms with Crippen molar-refractivity contribution >= 4 is 16.0 Å². The highest BCUT2D eigenvalue weighted by Gasteiger charge is 2.25. The molecule has 1 aromatic rings. The lowest BCUT2D eigenvalue weighted by molar-refractivity contribution is 0.0696. The van der Waals surface area contributed by atoms with Gasteiger partial charge in [-0.25, -0.2) is 22.3 Å². The number of carboxylic acids is 1. The summed E-state index contributed by atoms with van der Waals surface area (Å²) >= 11 is 0. The maximum atomic E-state index is 13.7. The Morgan fingerprint density at radius 2 is 2.00 bits per heavy atom. The van der Waals surface area contributed by atoms with Crippen molar-refractivity contribution in [2.45, 2.75) is 38.1 Å². The van der Waals surface area contributed by atoms with E-state index in [9.17, 15) is 17.6 Å². The van der Waals surface area contributed by atoms with E-state index < -0.39 is 26.7 Å². The summed E-state index contributed by atoms with van der Waals surface area (Å²) in [6.07, 6.45) is 0.553. The molecule has 1 aromatic carbocycles. The minimum Gasteiger partial charge on any atom is -0.478 e. The fourth-order valence-corrected chi connectivity index (χ4v) is 3.37. The maximum absolute atomic E-state index is 13.7. The molecular formula is C13H18FNO4S. The average molecular weight is 303 g/mol. The van der Waals surface area contributed by atoms with Gasteiger partial charge in [0.25, 0.3) is 0 Å². The molecule has 0 amide bonds. The van der Waals surface area contributed by atoms with Crippen LogP contribution >= 0.6 is 0 Å². The monoisotopic (exact) mass is 303 g/mol. The first kappa shape index (κ1) is 16.6. The van der Waals surface area contributed by atoms with Gasteiger partial charge < -0.3 is 5.11 Å². The van der Waals surface area contributed by atoms with Crippen LogP contribution in [0.1, 0.15) is 37.6 Å². The van der Waals surface area contributed by atoms with Crippen LogP contribution in [-0.4, -0.2) is 25.5 Å². The van der Waals surface area contributed by atoms with Crippen molar-refractivity contribution in [3.8, 4) is 0 Å². The van der Waals surface area contributed by atoms with Crippen molar-refractivity contribution in [2.24, 2.45) is 5.92 Å². The SMILES string of the molecule is CCC(NS(=O)(=O)c1cc(C(=O)O)ccc1F)C(C)C. The molecule has 0 heterocycles. The molecule has 0 saturated heterocycles. The van der Waals surface area contributed by atoms with E-state index in [0.29, 0.717) is 6.42 Å². The minimum atomic E-state index is -4.09. The molecule has 0 aliphatic rings. The van der Waals surface area contributed by atoms with Crippen LogP contribution in [0, 0.1) is 11.7 Å². The third-order valence-corrected chi connectivity index (χ3v) is 4.52. The minimum absolute atomic E-state index is 0.0421. The Labute approximate surface area is 117 Å². The zero-order valence-electron chi connectivity index (χ0n) is 11.6. The number of hydrogen-bond acceptors (Lipinski definition) is 3. The standard InChI is InChI=1S/C13H18FNO4S/c1-4-11(8(2)3)15-20(18,19)12-7-9(13(16)17)5-6-10(12)14/h5-8,11,15H,4H2,1-3H3,(H,16,17). The van der Waals surface area contributed by atoms with E-state index in [2.05, 4.69) is 4.72 Å². The quantitative estimate of drug-likeness (QED) is 0.844. The molecule has 0 aromatic heterocycles. The van der Waals surface area contributed by atoms with E-state index in [1.807, 2.05) is 20.8 Å². The summed E-state index contributed by atoms with van der Waals surface area (Å²) in [5.74, 6) is -2.24. The first-order chi connectivity index (χ1) is 9.19. The number of hydrogen-bond donors (Lipinski definition) is 2. The number of carboxylic acid groups (broad SMARTS) is 1. The lowest BCUT2D eigenvalue weighted by Gasteiger charge is -2.20. The Morgan fingerprint density at radius 3 is 2.45 bits per heavy atom. The zero-order chi connectivity index (χ0) is 15.5. The second-order valence-electron chi connectivity index (χ2n) is 4.83. The summed E-state index contributed by atoms with van der Waals surface area (Å²) in [6, 6.07) is 2.35. The van der Waals surface area contributed by atoms with E-state index in [1.165, 1.54) is 0 Å². The largest absolute Gasteiger partial charge is 0.478 e. The molecule has 1 rings (SSSR count). The molecule has 0 fully saturated rings. The second-order valence-corrected chi connectivity index (χ2v) is 6.51. The molecule has 112 valence electrons. The fraction of sp³-hybridized carbons (Fsp3) is 0.462. The van der Waals surface area contributed by atoms with Gasteiger partial charge in [0.15, 0.2) is 0 Å². The van der Waals surface area contributed by atoms with Crippen molar-refractivity contribution in [3.05, 3.63) is 29.6 Å². The van der Waals surface area contributed by atoms with Gasteiger partial charge in [-0.1, -0.05) is 20.8 Å². The van der Waals surface area contributed by atoms with Crippen molar-refractivity contribution < 1.29 is 22.7 Å². The Morgan fingerprint density at radius 1 is 1.40 bits per heavy atom. The molecule has 0 spiro atoms. The van der Waals surface area contributed by atoms with Crippen molar-refractivity contribution in [2.75, 3.05) is 0 Å². The van der Waals surface area contributed by atoms with E-state index >= 15 is 0 Å². The van der Waals surface area contributed by atoms with Gasteiger partial charge in [-0.15, -0.1) is 0 Å². The van der Waals surface area contributed by atoms with E-state index in [0.717, 1.165) is 18.2 Å². The third kappa shape index (κ3) is 3.77. The molecule has 7 heteroatoms. The fourth-order valence-electron chi connectivity index (χ4n) is 1.80. The number of aromatic carboxylic acids is 1. The molecule has 0 radical (unpaired) electrons. The molecule has 0 saturated carbocycles. The van der Waals surface area contributed by atoms with Crippen molar-refractivity contribution in [1.82, 2.24) is 4.72 Å². The highest BCUT2D eigenvalue weighted by atomic mass is 32.2. The summed E-state index contributed by atoms with van der Waals surface area (Å²) in [5, 5.41) is 8.84. The van der Waals surface area contributed by atoms with Crippen LogP contribution in [0.15, 0.2) is 23.1 Å². The molecule has 1 unspecified atom stereocenters. The average Bonchev–Trinajstić information content (AvgIpc) is 2.35. The van der Waals surface area contributed by atoms with Gasteiger partial charge in [-0.3, -0.25) is 0 Å². The van der Waals surface area contributed by atoms with Crippen molar-refractivity contribution in [3.63, 3.8) is 0 Å². The Hall–Kier alpha value is -1.47. The van der Waals surface area contributed by atoms with Gasteiger partial charge in [0.1, 0.15) is 10.7 Å². The number of carbonyl (C=O) groups is 1. The summed E-state index contributed by atoms with van der Waals surface area (Å²) < 4.78 is 40.4. The molecule has 0 bridgehead atoms. The zero-order valence-corrected chi connectivity index (χ0v) is 12.4. The van der Waals surface area contributed by atoms with Crippen LogP contribution in [0.5, 0.6) is 0 Å². The van der Waals surface area contributed by atoms with Crippen LogP contribution in [0.3, 0.4) is 0 Å². The number of halogens is 1. The lowest BCUT2D eigenvalue weighted by Crippen LogP contribution is -2.38. The predicted molar refractivity (Wildman–Crippen MR) is 72.6 cm³/mol. The first-order valence-corrected chi connectivity index (χ1v) is 7.72. The van der Waals surface area contributed by atoms with E-state index in [-0.39, 0.29) is 17.5 Å². The summed E-state index contributed by atoms with van der Waals surface area (Å²) in [7, 11) is -4.09. The highest BCUT2D eigenvalue weighted by Crippen LogP contribution is 2.18. The van der Waals surface area contributed by atoms with E-state index in [1.54, 1.807) is 0 Å². The Balaban J connectivity index is 3.21. The second kappa shape index (κ2) is 6.32. The number of benzene rings is 1. The van der Waals surface area contributed by atoms with Gasteiger partial charge in [-0.05, 0) is 30.5 Å². The van der Waals surface area contributed by atoms with Gasteiger partial charge >= 0.3 is 5.97 Å². The van der Waals surface area contributed by atoms with Crippen LogP contribution in [-0.2, 0) is 10.0 Å². The van der Waals surface area contributed by atoms with Crippen LogP contribution in [0.4, 0.5) is 4.39 Å². The number of sulfonamides is 1. The molecule has 5 nitrogen and oxygen atoms in total. The summed E-state index contributed by atoms with van der Waals surface area (Å²) in [5.41, 5.74) is -0.274. The molecule has 20 heavy (non-hydrogen) atoms. The lowest BCUT2D eigenvalue weighted by atomic mass is 10.0. The molecule has 1 atom stereocenters. The van der Waals surface area contributed by atoms with E-state index in [4.69, 9.17) is 5.11 Å². The molecular weight excluding hydrogens is 285 g/mol. The number of nitrogens with one attached hydrogen (secondary N) is 1. The molecule has 0 aliphatic heterocycles. The normalized spacial score (nSPS) is 13.4. The van der Waals surface area contributed by atoms with Crippen molar-refractivity contribution in [1.29, 1.82) is 0 Å². The smallest absolute Gasteiger partial charge is 0.335 e. The van der Waals surface area contributed by atoms with Gasteiger partial charge in [0.2, 0.25) is 10.0 Å². The third-order valence-electron chi connectivity index (χ3n) is 3.02. The summed E-state index contributed by atoms with van der Waals surface area (Å²) in [6.45, 7) is 5.51. The maximum Gasteiger partial charge on any atom is 0.335 e. The topological polar surface area (TPSA) is 83.5 Å². The highest BCUT2D eigenvalue weighted by molar-refractivity contribution is 7.89. The first-order valence-electron chi connectivity index (χ1n) is 6.24. The Kier molecular flexibility index (Phi) is 5.24. The van der Waals surface area contributed by atoms with Gasteiger partial charge in [0.05, 0.1) is 5.56 Å². The molecule has 2 N–H and O–H groups in total. The predicted octanol–water partition coefficient (Wildman–Crippen LogP) is 2.24. The van der Waals surface area contributed by atoms with Crippen LogP contribution in [0.2, 0.25) is 0 Å². The van der Waals surface area contributed by atoms with Gasteiger partial charge in [0, 0.05) is 6.04 Å².